The standard InChI is InChI=1S/C18H28N8S.HI/c1-5-15-22-18(27-23-15)26-10-8-25(9-11-26)17(19-2)21-13-14-6-7-20-16(12-14)24(3)4;/h6-7,12H,5,8-11,13H2,1-4H3,(H,19,21);1H. The van der Waals surface area contributed by atoms with Gasteiger partial charge in [-0.2, -0.15) is 4.37 Å². The molecule has 0 atom stereocenters. The summed E-state index contributed by atoms with van der Waals surface area (Å²) in [6, 6.07) is 4.13. The summed E-state index contributed by atoms with van der Waals surface area (Å²) in [6.07, 6.45) is 2.73. The second-order valence-corrected chi connectivity index (χ2v) is 7.37. The monoisotopic (exact) mass is 516 g/mol. The molecule has 0 bridgehead atoms. The Bertz CT molecular complexity index is 770. The fourth-order valence-electron chi connectivity index (χ4n) is 2.95. The Morgan fingerprint density at radius 1 is 1.29 bits per heavy atom. The topological polar surface area (TPSA) is 72.8 Å². The van der Waals surface area contributed by atoms with Crippen molar-refractivity contribution >= 4 is 52.4 Å². The van der Waals surface area contributed by atoms with Crippen molar-refractivity contribution in [1.29, 1.82) is 0 Å². The molecule has 1 aliphatic heterocycles. The number of guanidine groups is 1. The highest BCUT2D eigenvalue weighted by Crippen LogP contribution is 2.19. The van der Waals surface area contributed by atoms with Gasteiger partial charge in [0.05, 0.1) is 0 Å². The minimum Gasteiger partial charge on any atom is -0.363 e. The van der Waals surface area contributed by atoms with Gasteiger partial charge in [0.25, 0.3) is 0 Å². The van der Waals surface area contributed by atoms with E-state index in [-0.39, 0.29) is 24.0 Å². The van der Waals surface area contributed by atoms with Gasteiger partial charge in [0.2, 0.25) is 5.13 Å². The summed E-state index contributed by atoms with van der Waals surface area (Å²) < 4.78 is 4.39. The third kappa shape index (κ3) is 5.66. The van der Waals surface area contributed by atoms with Crippen LogP contribution in [0.4, 0.5) is 10.9 Å². The van der Waals surface area contributed by atoms with Gasteiger partial charge in [-0.25, -0.2) is 9.97 Å². The van der Waals surface area contributed by atoms with Crippen LogP contribution in [0, 0.1) is 0 Å². The lowest BCUT2D eigenvalue weighted by atomic mass is 10.2. The fourth-order valence-corrected chi connectivity index (χ4v) is 3.76. The number of rotatable bonds is 5. The Kier molecular flexibility index (Phi) is 8.67. The fraction of sp³-hybridized carbons (Fsp3) is 0.556. The minimum absolute atomic E-state index is 0. The number of nitrogens with one attached hydrogen (secondary N) is 1. The molecule has 2 aromatic rings. The van der Waals surface area contributed by atoms with E-state index in [1.807, 2.05) is 38.3 Å². The minimum atomic E-state index is 0. The quantitative estimate of drug-likeness (QED) is 0.371. The number of aromatic nitrogens is 3. The molecule has 10 heteroatoms. The van der Waals surface area contributed by atoms with Crippen molar-refractivity contribution in [2.24, 2.45) is 4.99 Å². The lowest BCUT2D eigenvalue weighted by Crippen LogP contribution is -2.52. The molecule has 8 nitrogen and oxygen atoms in total. The Morgan fingerprint density at radius 2 is 2.04 bits per heavy atom. The summed E-state index contributed by atoms with van der Waals surface area (Å²) in [4.78, 5) is 20.0. The van der Waals surface area contributed by atoms with Crippen molar-refractivity contribution in [2.45, 2.75) is 19.9 Å². The Hall–Kier alpha value is -1.69. The zero-order chi connectivity index (χ0) is 19.2. The first-order chi connectivity index (χ1) is 13.1. The van der Waals surface area contributed by atoms with E-state index in [4.69, 9.17) is 0 Å². The maximum absolute atomic E-state index is 4.60. The molecule has 1 saturated heterocycles. The smallest absolute Gasteiger partial charge is 0.205 e. The molecule has 0 spiro atoms. The second kappa shape index (κ2) is 10.7. The largest absolute Gasteiger partial charge is 0.363 e. The zero-order valence-electron chi connectivity index (χ0n) is 16.9. The van der Waals surface area contributed by atoms with Gasteiger partial charge >= 0.3 is 0 Å². The van der Waals surface area contributed by atoms with E-state index in [1.54, 1.807) is 0 Å². The molecule has 2 aromatic heterocycles. The van der Waals surface area contributed by atoms with Crippen LogP contribution >= 0.6 is 35.5 Å². The van der Waals surface area contributed by atoms with E-state index in [2.05, 4.69) is 47.4 Å². The summed E-state index contributed by atoms with van der Waals surface area (Å²) in [7, 11) is 5.84. The average Bonchev–Trinajstić information content (AvgIpc) is 3.18. The van der Waals surface area contributed by atoms with Crippen LogP contribution in [0.3, 0.4) is 0 Å². The maximum atomic E-state index is 4.60. The molecule has 1 N–H and O–H groups in total. The Labute approximate surface area is 188 Å². The molecule has 3 heterocycles. The van der Waals surface area contributed by atoms with E-state index < -0.39 is 0 Å². The summed E-state index contributed by atoms with van der Waals surface area (Å²) >= 11 is 1.50. The third-order valence-corrected chi connectivity index (χ3v) is 5.37. The highest BCUT2D eigenvalue weighted by molar-refractivity contribution is 14.0. The van der Waals surface area contributed by atoms with Crippen molar-refractivity contribution in [3.63, 3.8) is 0 Å². The van der Waals surface area contributed by atoms with Crippen molar-refractivity contribution in [1.82, 2.24) is 24.6 Å². The first kappa shape index (κ1) is 22.6. The first-order valence-electron chi connectivity index (χ1n) is 9.26. The van der Waals surface area contributed by atoms with Gasteiger partial charge in [-0.05, 0) is 17.7 Å². The van der Waals surface area contributed by atoms with Crippen molar-refractivity contribution in [3.8, 4) is 0 Å². The van der Waals surface area contributed by atoms with Crippen LogP contribution in [0.2, 0.25) is 0 Å². The van der Waals surface area contributed by atoms with E-state index in [1.165, 1.54) is 17.1 Å². The van der Waals surface area contributed by atoms with Gasteiger partial charge in [0.15, 0.2) is 5.96 Å². The molecule has 154 valence electrons. The van der Waals surface area contributed by atoms with Gasteiger partial charge in [-0.15, -0.1) is 24.0 Å². The number of aryl methyl sites for hydroxylation is 1. The van der Waals surface area contributed by atoms with Crippen LogP contribution in [0.25, 0.3) is 0 Å². The number of hydrogen-bond donors (Lipinski definition) is 1. The molecule has 1 fully saturated rings. The van der Waals surface area contributed by atoms with E-state index in [9.17, 15) is 0 Å². The number of anilines is 2. The van der Waals surface area contributed by atoms with Gasteiger partial charge < -0.3 is 20.0 Å². The Morgan fingerprint density at radius 3 is 2.64 bits per heavy atom. The second-order valence-electron chi connectivity index (χ2n) is 6.64. The molecule has 3 rings (SSSR count). The van der Waals surface area contributed by atoms with Crippen LogP contribution in [0.15, 0.2) is 23.3 Å². The molecule has 0 unspecified atom stereocenters. The van der Waals surface area contributed by atoms with Gasteiger partial charge in [-0.1, -0.05) is 6.92 Å². The lowest BCUT2D eigenvalue weighted by Gasteiger charge is -2.36. The van der Waals surface area contributed by atoms with Crippen LogP contribution in [0.5, 0.6) is 0 Å². The lowest BCUT2D eigenvalue weighted by molar-refractivity contribution is 0.372. The third-order valence-electron chi connectivity index (χ3n) is 4.55. The number of nitrogens with zero attached hydrogens (tertiary/aromatic N) is 7. The van der Waals surface area contributed by atoms with Crippen LogP contribution in [0.1, 0.15) is 18.3 Å². The molecule has 28 heavy (non-hydrogen) atoms. The summed E-state index contributed by atoms with van der Waals surface area (Å²) in [5, 5.41) is 4.51. The van der Waals surface area contributed by atoms with Crippen molar-refractivity contribution in [2.75, 3.05) is 57.1 Å². The molecule has 0 aliphatic carbocycles. The van der Waals surface area contributed by atoms with Crippen LogP contribution in [-0.4, -0.2) is 72.5 Å². The Balaban J connectivity index is 0.00000280. The first-order valence-corrected chi connectivity index (χ1v) is 10.0. The SMILES string of the molecule is CCc1nsc(N2CCN(C(=NC)NCc3ccnc(N(C)C)c3)CC2)n1.I. The number of aliphatic imine (C=N–C) groups is 1. The van der Waals surface area contributed by atoms with Crippen LogP contribution in [-0.2, 0) is 13.0 Å². The molecule has 0 amide bonds. The van der Waals surface area contributed by atoms with Gasteiger partial charge in [0.1, 0.15) is 11.6 Å². The highest BCUT2D eigenvalue weighted by atomic mass is 127. The van der Waals surface area contributed by atoms with E-state index >= 15 is 0 Å². The van der Waals surface area contributed by atoms with E-state index in [0.29, 0.717) is 0 Å². The molecule has 0 aromatic carbocycles. The molecule has 1 aliphatic rings. The van der Waals surface area contributed by atoms with Gasteiger partial charge in [0, 0.05) is 78.0 Å². The number of pyridine rings is 1. The maximum Gasteiger partial charge on any atom is 0.205 e. The molecular formula is C18H29IN8S. The predicted octanol–water partition coefficient (Wildman–Crippen LogP) is 2.08. The highest BCUT2D eigenvalue weighted by Gasteiger charge is 2.22. The van der Waals surface area contributed by atoms with Crippen molar-refractivity contribution < 1.29 is 0 Å². The van der Waals surface area contributed by atoms with Crippen LogP contribution < -0.4 is 15.1 Å². The number of hydrogen-bond acceptors (Lipinski definition) is 7. The molecule has 0 saturated carbocycles. The number of piperazine rings is 1. The predicted molar refractivity (Wildman–Crippen MR) is 127 cm³/mol. The summed E-state index contributed by atoms with van der Waals surface area (Å²) in [5.74, 6) is 2.83. The molecular weight excluding hydrogens is 487 g/mol. The molecule has 0 radical (unpaired) electrons. The zero-order valence-corrected chi connectivity index (χ0v) is 20.1. The van der Waals surface area contributed by atoms with E-state index in [0.717, 1.165) is 61.9 Å². The van der Waals surface area contributed by atoms with Gasteiger partial charge in [-0.3, -0.25) is 4.99 Å². The van der Waals surface area contributed by atoms with Crippen molar-refractivity contribution in [3.05, 3.63) is 29.7 Å². The average molecular weight is 516 g/mol. The summed E-state index contributed by atoms with van der Waals surface area (Å²) in [5.41, 5.74) is 1.19. The summed E-state index contributed by atoms with van der Waals surface area (Å²) in [6.45, 7) is 6.51. The number of halogens is 1. The normalized spacial score (nSPS) is 14.6.